The third-order valence-corrected chi connectivity index (χ3v) is 3.86. The second-order valence-corrected chi connectivity index (χ2v) is 5.32. The van der Waals surface area contributed by atoms with Crippen molar-refractivity contribution in [2.75, 3.05) is 18.4 Å². The maximum atomic E-state index is 4.62. The smallest absolute Gasteiger partial charge is 0.183 e. The first-order chi connectivity index (χ1) is 7.20. The van der Waals surface area contributed by atoms with Gasteiger partial charge in [-0.25, -0.2) is 4.98 Å². The standard InChI is InChI=1S/C11H19N3S/c1-4-12-11-13-9-5-6-14(8(2)3)7-10(9)15-11/h8H,4-7H2,1-3H3,(H,12,13). The average molecular weight is 225 g/mol. The summed E-state index contributed by atoms with van der Waals surface area (Å²) in [4.78, 5) is 8.58. The van der Waals surface area contributed by atoms with E-state index in [9.17, 15) is 0 Å². The van der Waals surface area contributed by atoms with Crippen LogP contribution in [0.3, 0.4) is 0 Å². The minimum atomic E-state index is 0.642. The van der Waals surface area contributed by atoms with Gasteiger partial charge in [-0.3, -0.25) is 4.90 Å². The third-order valence-electron chi connectivity index (χ3n) is 2.82. The molecule has 0 saturated carbocycles. The fraction of sp³-hybridized carbons (Fsp3) is 0.727. The monoisotopic (exact) mass is 225 g/mol. The molecule has 0 aromatic carbocycles. The van der Waals surface area contributed by atoms with Gasteiger partial charge in [-0.05, 0) is 20.8 Å². The molecule has 4 heteroatoms. The van der Waals surface area contributed by atoms with Gasteiger partial charge in [0.15, 0.2) is 5.13 Å². The summed E-state index contributed by atoms with van der Waals surface area (Å²) in [7, 11) is 0. The van der Waals surface area contributed by atoms with E-state index in [4.69, 9.17) is 0 Å². The molecule has 0 spiro atoms. The Labute approximate surface area is 95.5 Å². The van der Waals surface area contributed by atoms with Crippen molar-refractivity contribution in [3.63, 3.8) is 0 Å². The minimum Gasteiger partial charge on any atom is -0.362 e. The molecule has 84 valence electrons. The molecule has 0 bridgehead atoms. The lowest BCUT2D eigenvalue weighted by Gasteiger charge is -2.29. The van der Waals surface area contributed by atoms with Crippen molar-refractivity contribution in [2.45, 2.75) is 39.8 Å². The van der Waals surface area contributed by atoms with E-state index in [0.29, 0.717) is 6.04 Å². The van der Waals surface area contributed by atoms with Crippen molar-refractivity contribution < 1.29 is 0 Å². The highest BCUT2D eigenvalue weighted by Crippen LogP contribution is 2.28. The molecule has 0 unspecified atom stereocenters. The van der Waals surface area contributed by atoms with E-state index in [1.54, 1.807) is 0 Å². The number of rotatable bonds is 3. The fourth-order valence-electron chi connectivity index (χ4n) is 1.88. The second-order valence-electron chi connectivity index (χ2n) is 4.23. The number of fused-ring (bicyclic) bond motifs is 1. The first-order valence-corrected chi connectivity index (χ1v) is 6.49. The molecule has 3 nitrogen and oxygen atoms in total. The van der Waals surface area contributed by atoms with Crippen LogP contribution in [0.25, 0.3) is 0 Å². The zero-order valence-electron chi connectivity index (χ0n) is 9.71. The summed E-state index contributed by atoms with van der Waals surface area (Å²) in [6.07, 6.45) is 1.11. The van der Waals surface area contributed by atoms with Gasteiger partial charge in [-0.1, -0.05) is 0 Å². The van der Waals surface area contributed by atoms with E-state index >= 15 is 0 Å². The number of nitrogens with one attached hydrogen (secondary N) is 1. The largest absolute Gasteiger partial charge is 0.362 e. The van der Waals surface area contributed by atoms with Gasteiger partial charge in [0, 0.05) is 37.0 Å². The highest BCUT2D eigenvalue weighted by Gasteiger charge is 2.21. The van der Waals surface area contributed by atoms with Crippen molar-refractivity contribution in [1.29, 1.82) is 0 Å². The predicted octanol–water partition coefficient (Wildman–Crippen LogP) is 2.34. The Morgan fingerprint density at radius 3 is 3.00 bits per heavy atom. The Balaban J connectivity index is 2.12. The molecule has 1 aromatic rings. The number of nitrogens with zero attached hydrogens (tertiary/aromatic N) is 2. The average Bonchev–Trinajstić information content (AvgIpc) is 2.59. The SMILES string of the molecule is CCNc1nc2c(s1)CN(C(C)C)CC2. The van der Waals surface area contributed by atoms with Crippen LogP contribution >= 0.6 is 11.3 Å². The van der Waals surface area contributed by atoms with E-state index in [1.165, 1.54) is 10.6 Å². The van der Waals surface area contributed by atoms with Crippen LogP contribution in [0.15, 0.2) is 0 Å². The van der Waals surface area contributed by atoms with Gasteiger partial charge in [0.1, 0.15) is 0 Å². The molecule has 1 aliphatic rings. The van der Waals surface area contributed by atoms with Gasteiger partial charge in [-0.15, -0.1) is 11.3 Å². The number of thiazole rings is 1. The van der Waals surface area contributed by atoms with E-state index in [1.807, 2.05) is 11.3 Å². The van der Waals surface area contributed by atoms with E-state index in [2.05, 4.69) is 36.0 Å². The van der Waals surface area contributed by atoms with Crippen molar-refractivity contribution in [3.8, 4) is 0 Å². The Morgan fingerprint density at radius 2 is 2.33 bits per heavy atom. The van der Waals surface area contributed by atoms with Crippen molar-refractivity contribution in [3.05, 3.63) is 10.6 Å². The highest BCUT2D eigenvalue weighted by molar-refractivity contribution is 7.15. The first kappa shape index (κ1) is 10.9. The van der Waals surface area contributed by atoms with Crippen molar-refractivity contribution in [2.24, 2.45) is 0 Å². The molecule has 0 fully saturated rings. The lowest BCUT2D eigenvalue weighted by atomic mass is 10.1. The minimum absolute atomic E-state index is 0.642. The first-order valence-electron chi connectivity index (χ1n) is 5.67. The number of hydrogen-bond donors (Lipinski definition) is 1. The molecule has 2 rings (SSSR count). The second kappa shape index (κ2) is 4.49. The van der Waals surface area contributed by atoms with Gasteiger partial charge >= 0.3 is 0 Å². The maximum Gasteiger partial charge on any atom is 0.183 e. The Kier molecular flexibility index (Phi) is 3.26. The molecule has 15 heavy (non-hydrogen) atoms. The molecule has 0 saturated heterocycles. The molecule has 1 aliphatic heterocycles. The van der Waals surface area contributed by atoms with E-state index < -0.39 is 0 Å². The van der Waals surface area contributed by atoms with Gasteiger partial charge in [0.05, 0.1) is 5.69 Å². The van der Waals surface area contributed by atoms with E-state index in [-0.39, 0.29) is 0 Å². The number of aromatic nitrogens is 1. The van der Waals surface area contributed by atoms with Crippen molar-refractivity contribution >= 4 is 16.5 Å². The van der Waals surface area contributed by atoms with Gasteiger partial charge in [0.25, 0.3) is 0 Å². The summed E-state index contributed by atoms with van der Waals surface area (Å²) in [5, 5.41) is 4.39. The summed E-state index contributed by atoms with van der Waals surface area (Å²) >= 11 is 1.82. The summed E-state index contributed by atoms with van der Waals surface area (Å²) in [6.45, 7) is 9.82. The quantitative estimate of drug-likeness (QED) is 0.856. The summed E-state index contributed by atoms with van der Waals surface area (Å²) < 4.78 is 0. The molecular weight excluding hydrogens is 206 g/mol. The van der Waals surface area contributed by atoms with Gasteiger partial charge in [-0.2, -0.15) is 0 Å². The van der Waals surface area contributed by atoms with Crippen LogP contribution < -0.4 is 5.32 Å². The van der Waals surface area contributed by atoms with Crippen molar-refractivity contribution in [1.82, 2.24) is 9.88 Å². The molecule has 0 atom stereocenters. The van der Waals surface area contributed by atoms with E-state index in [0.717, 1.165) is 31.2 Å². The third kappa shape index (κ3) is 2.32. The zero-order chi connectivity index (χ0) is 10.8. The highest BCUT2D eigenvalue weighted by atomic mass is 32.1. The maximum absolute atomic E-state index is 4.62. The molecular formula is C11H19N3S. The fourth-order valence-corrected chi connectivity index (χ4v) is 2.98. The van der Waals surface area contributed by atoms with Crippen LogP contribution in [-0.4, -0.2) is 29.0 Å². The molecule has 0 radical (unpaired) electrons. The Bertz CT molecular complexity index is 333. The van der Waals surface area contributed by atoms with Crippen LogP contribution in [-0.2, 0) is 13.0 Å². The number of anilines is 1. The van der Waals surface area contributed by atoms with Gasteiger partial charge in [0.2, 0.25) is 0 Å². The van der Waals surface area contributed by atoms with Crippen LogP contribution in [0.1, 0.15) is 31.3 Å². The molecule has 0 aliphatic carbocycles. The predicted molar refractivity (Wildman–Crippen MR) is 65.5 cm³/mol. The summed E-state index contributed by atoms with van der Waals surface area (Å²) in [5.74, 6) is 0. The molecule has 1 N–H and O–H groups in total. The van der Waals surface area contributed by atoms with Gasteiger partial charge < -0.3 is 5.32 Å². The lowest BCUT2D eigenvalue weighted by Crippen LogP contribution is -2.35. The topological polar surface area (TPSA) is 28.2 Å². The van der Waals surface area contributed by atoms with Crippen LogP contribution in [0.2, 0.25) is 0 Å². The van der Waals surface area contributed by atoms with Crippen LogP contribution in [0.4, 0.5) is 5.13 Å². The number of hydrogen-bond acceptors (Lipinski definition) is 4. The Hall–Kier alpha value is -0.610. The molecule has 0 amide bonds. The van der Waals surface area contributed by atoms with Crippen LogP contribution in [0.5, 0.6) is 0 Å². The Morgan fingerprint density at radius 1 is 1.53 bits per heavy atom. The summed E-state index contributed by atoms with van der Waals surface area (Å²) in [5.41, 5.74) is 1.31. The lowest BCUT2D eigenvalue weighted by molar-refractivity contribution is 0.205. The summed E-state index contributed by atoms with van der Waals surface area (Å²) in [6, 6.07) is 0.642. The molecule has 1 aromatic heterocycles. The normalized spacial score (nSPS) is 16.8. The molecule has 2 heterocycles. The van der Waals surface area contributed by atoms with Crippen LogP contribution in [0, 0.1) is 0 Å². The zero-order valence-corrected chi connectivity index (χ0v) is 10.5.